The predicted molar refractivity (Wildman–Crippen MR) is 62.4 cm³/mol. The first kappa shape index (κ1) is 10.4. The molecule has 2 N–H and O–H groups in total. The maximum atomic E-state index is 5.67. The minimum Gasteiger partial charge on any atom is -0.384 e. The summed E-state index contributed by atoms with van der Waals surface area (Å²) in [5.41, 5.74) is 7.06. The molecule has 1 saturated heterocycles. The van der Waals surface area contributed by atoms with Crippen LogP contribution in [0.1, 0.15) is 32.4 Å². The van der Waals surface area contributed by atoms with Gasteiger partial charge in [-0.25, -0.2) is 4.98 Å². The molecule has 0 atom stereocenters. The first-order valence-corrected chi connectivity index (χ1v) is 5.54. The number of hydrogen-bond acceptors (Lipinski definition) is 3. The van der Waals surface area contributed by atoms with Crippen molar-refractivity contribution in [1.82, 2.24) is 9.88 Å². The number of nitrogen functional groups attached to an aromatic ring is 1. The largest absolute Gasteiger partial charge is 0.384 e. The normalized spacial score (nSPS) is 20.7. The molecule has 15 heavy (non-hydrogen) atoms. The summed E-state index contributed by atoms with van der Waals surface area (Å²) in [6, 6.07) is 5.85. The molecule has 82 valence electrons. The summed E-state index contributed by atoms with van der Waals surface area (Å²) < 4.78 is 0. The van der Waals surface area contributed by atoms with Gasteiger partial charge in [0, 0.05) is 12.1 Å². The Morgan fingerprint density at radius 2 is 2.27 bits per heavy atom. The lowest BCUT2D eigenvalue weighted by Gasteiger charge is -2.31. The number of pyridine rings is 1. The SMILES string of the molecule is CC1(C)CCCN1Cc1cccc(N)n1. The van der Waals surface area contributed by atoms with Crippen LogP contribution in [0.25, 0.3) is 0 Å². The highest BCUT2D eigenvalue weighted by molar-refractivity contribution is 5.28. The number of rotatable bonds is 2. The van der Waals surface area contributed by atoms with Crippen LogP contribution in [0.2, 0.25) is 0 Å². The van der Waals surface area contributed by atoms with Crippen LogP contribution in [0.4, 0.5) is 5.82 Å². The van der Waals surface area contributed by atoms with E-state index >= 15 is 0 Å². The molecule has 0 amide bonds. The first-order chi connectivity index (χ1) is 7.08. The van der Waals surface area contributed by atoms with E-state index in [-0.39, 0.29) is 0 Å². The highest BCUT2D eigenvalue weighted by atomic mass is 15.2. The van der Waals surface area contributed by atoms with Gasteiger partial charge in [-0.1, -0.05) is 6.07 Å². The number of likely N-dealkylation sites (tertiary alicyclic amines) is 1. The van der Waals surface area contributed by atoms with Crippen molar-refractivity contribution in [3.8, 4) is 0 Å². The molecule has 1 aromatic rings. The van der Waals surface area contributed by atoms with Crippen molar-refractivity contribution in [3.63, 3.8) is 0 Å². The Morgan fingerprint density at radius 3 is 2.87 bits per heavy atom. The molecule has 1 aromatic heterocycles. The van der Waals surface area contributed by atoms with Gasteiger partial charge in [0.2, 0.25) is 0 Å². The molecule has 0 aromatic carbocycles. The molecule has 1 aliphatic heterocycles. The molecular weight excluding hydrogens is 186 g/mol. The third-order valence-electron chi connectivity index (χ3n) is 3.25. The van der Waals surface area contributed by atoms with E-state index in [0.717, 1.165) is 12.2 Å². The number of hydrogen-bond donors (Lipinski definition) is 1. The van der Waals surface area contributed by atoms with Crippen molar-refractivity contribution < 1.29 is 0 Å². The second-order valence-electron chi connectivity index (χ2n) is 4.89. The average Bonchev–Trinajstić information content (AvgIpc) is 2.46. The monoisotopic (exact) mass is 205 g/mol. The van der Waals surface area contributed by atoms with E-state index in [4.69, 9.17) is 5.73 Å². The standard InChI is InChI=1S/C12H19N3/c1-12(2)7-4-8-15(12)9-10-5-3-6-11(13)14-10/h3,5-6H,4,7-9H2,1-2H3,(H2,13,14). The van der Waals surface area contributed by atoms with Crippen LogP contribution in [0.3, 0.4) is 0 Å². The number of nitrogens with two attached hydrogens (primary N) is 1. The van der Waals surface area contributed by atoms with Gasteiger partial charge in [0.15, 0.2) is 0 Å². The van der Waals surface area contributed by atoms with Crippen molar-refractivity contribution in [3.05, 3.63) is 23.9 Å². The van der Waals surface area contributed by atoms with Crippen molar-refractivity contribution in [2.24, 2.45) is 0 Å². The van der Waals surface area contributed by atoms with Gasteiger partial charge in [0.1, 0.15) is 5.82 Å². The summed E-state index contributed by atoms with van der Waals surface area (Å²) in [4.78, 5) is 6.82. The van der Waals surface area contributed by atoms with Gasteiger partial charge in [0.25, 0.3) is 0 Å². The maximum absolute atomic E-state index is 5.67. The molecule has 1 aliphatic rings. The summed E-state index contributed by atoms with van der Waals surface area (Å²) >= 11 is 0. The zero-order valence-corrected chi connectivity index (χ0v) is 9.53. The Morgan fingerprint density at radius 1 is 1.47 bits per heavy atom. The van der Waals surface area contributed by atoms with Crippen LogP contribution >= 0.6 is 0 Å². The highest BCUT2D eigenvalue weighted by Gasteiger charge is 2.31. The van der Waals surface area contributed by atoms with Crippen molar-refractivity contribution in [2.75, 3.05) is 12.3 Å². The van der Waals surface area contributed by atoms with E-state index in [9.17, 15) is 0 Å². The van der Waals surface area contributed by atoms with Gasteiger partial charge in [-0.2, -0.15) is 0 Å². The fourth-order valence-electron chi connectivity index (χ4n) is 2.24. The van der Waals surface area contributed by atoms with E-state index in [2.05, 4.69) is 23.7 Å². The van der Waals surface area contributed by atoms with Crippen LogP contribution in [-0.4, -0.2) is 22.0 Å². The third kappa shape index (κ3) is 2.29. The second kappa shape index (κ2) is 3.81. The molecule has 0 radical (unpaired) electrons. The summed E-state index contributed by atoms with van der Waals surface area (Å²) in [5.74, 6) is 0.615. The summed E-state index contributed by atoms with van der Waals surface area (Å²) in [7, 11) is 0. The van der Waals surface area contributed by atoms with Gasteiger partial charge in [-0.15, -0.1) is 0 Å². The minimum atomic E-state index is 0.312. The zero-order chi connectivity index (χ0) is 10.9. The quantitative estimate of drug-likeness (QED) is 0.803. The van der Waals surface area contributed by atoms with E-state index in [0.29, 0.717) is 11.4 Å². The molecule has 0 spiro atoms. The fraction of sp³-hybridized carbons (Fsp3) is 0.583. The predicted octanol–water partition coefficient (Wildman–Crippen LogP) is 2.04. The molecule has 3 nitrogen and oxygen atoms in total. The van der Waals surface area contributed by atoms with E-state index in [1.165, 1.54) is 19.4 Å². The van der Waals surface area contributed by atoms with Gasteiger partial charge in [-0.3, -0.25) is 4.90 Å². The maximum Gasteiger partial charge on any atom is 0.123 e. The summed E-state index contributed by atoms with van der Waals surface area (Å²) in [6.07, 6.45) is 2.56. The fourth-order valence-corrected chi connectivity index (χ4v) is 2.24. The Hall–Kier alpha value is -1.09. The summed E-state index contributed by atoms with van der Waals surface area (Å²) in [6.45, 7) is 6.68. The van der Waals surface area contributed by atoms with Crippen LogP contribution in [-0.2, 0) is 6.54 Å². The van der Waals surface area contributed by atoms with Crippen molar-refractivity contribution >= 4 is 5.82 Å². The molecule has 3 heteroatoms. The van der Waals surface area contributed by atoms with Crippen LogP contribution in [0.5, 0.6) is 0 Å². The van der Waals surface area contributed by atoms with Crippen LogP contribution in [0.15, 0.2) is 18.2 Å². The first-order valence-electron chi connectivity index (χ1n) is 5.54. The van der Waals surface area contributed by atoms with E-state index in [1.54, 1.807) is 0 Å². The van der Waals surface area contributed by atoms with Gasteiger partial charge >= 0.3 is 0 Å². The average molecular weight is 205 g/mol. The Labute approximate surface area is 91.3 Å². The third-order valence-corrected chi connectivity index (χ3v) is 3.25. The lowest BCUT2D eigenvalue weighted by molar-refractivity contribution is 0.164. The molecule has 0 unspecified atom stereocenters. The van der Waals surface area contributed by atoms with Gasteiger partial charge in [0.05, 0.1) is 5.69 Å². The number of anilines is 1. The Balaban J connectivity index is 2.09. The van der Waals surface area contributed by atoms with Gasteiger partial charge < -0.3 is 5.73 Å². The van der Waals surface area contributed by atoms with Crippen molar-refractivity contribution in [1.29, 1.82) is 0 Å². The number of aromatic nitrogens is 1. The smallest absolute Gasteiger partial charge is 0.123 e. The van der Waals surface area contributed by atoms with E-state index < -0.39 is 0 Å². The van der Waals surface area contributed by atoms with Gasteiger partial charge in [-0.05, 0) is 45.4 Å². The molecule has 0 saturated carbocycles. The lowest BCUT2D eigenvalue weighted by Crippen LogP contribution is -2.37. The Kier molecular flexibility index (Phi) is 2.65. The van der Waals surface area contributed by atoms with E-state index in [1.807, 2.05) is 18.2 Å². The highest BCUT2D eigenvalue weighted by Crippen LogP contribution is 2.29. The van der Waals surface area contributed by atoms with Crippen molar-refractivity contribution in [2.45, 2.75) is 38.8 Å². The topological polar surface area (TPSA) is 42.1 Å². The number of nitrogens with zero attached hydrogens (tertiary/aromatic N) is 2. The zero-order valence-electron chi connectivity index (χ0n) is 9.53. The molecule has 2 heterocycles. The second-order valence-corrected chi connectivity index (χ2v) is 4.89. The van der Waals surface area contributed by atoms with Crippen LogP contribution in [0, 0.1) is 0 Å². The summed E-state index contributed by atoms with van der Waals surface area (Å²) in [5, 5.41) is 0. The molecule has 0 aliphatic carbocycles. The lowest BCUT2D eigenvalue weighted by atomic mass is 10.0. The van der Waals surface area contributed by atoms with Crippen LogP contribution < -0.4 is 5.73 Å². The molecule has 1 fully saturated rings. The minimum absolute atomic E-state index is 0.312. The molecule has 0 bridgehead atoms. The molecular formula is C12H19N3. The molecule has 2 rings (SSSR count). The Bertz CT molecular complexity index is 346.